The van der Waals surface area contributed by atoms with Gasteiger partial charge in [0.05, 0.1) is 9.82 Å². The van der Waals surface area contributed by atoms with Crippen molar-refractivity contribution in [2.24, 2.45) is 0 Å². The standard InChI is InChI=1S/C20H17ClN4O6S/c21-15-4-1-3-14(11-15)19-13-18(22-31-19)20(26)23-7-9-24(10-8-23)32(29,30)17-6-2-5-16(12-17)25(27)28/h1-6,11-13H,7-10H2. The highest BCUT2D eigenvalue weighted by atomic mass is 35.5. The largest absolute Gasteiger partial charge is 0.355 e. The number of amides is 1. The maximum absolute atomic E-state index is 12.9. The number of hydrogen-bond acceptors (Lipinski definition) is 7. The highest BCUT2D eigenvalue weighted by Crippen LogP contribution is 2.25. The summed E-state index contributed by atoms with van der Waals surface area (Å²) in [6, 6.07) is 13.3. The van der Waals surface area contributed by atoms with Gasteiger partial charge in [0.25, 0.3) is 11.6 Å². The molecule has 0 saturated carbocycles. The lowest BCUT2D eigenvalue weighted by atomic mass is 10.1. The monoisotopic (exact) mass is 476 g/mol. The molecule has 166 valence electrons. The zero-order chi connectivity index (χ0) is 22.9. The SMILES string of the molecule is O=C(c1cc(-c2cccc(Cl)c2)on1)N1CCN(S(=O)(=O)c2cccc([N+](=O)[O-])c2)CC1. The summed E-state index contributed by atoms with van der Waals surface area (Å²) in [5.41, 5.74) is 0.480. The van der Waals surface area contributed by atoms with Crippen LogP contribution in [0.4, 0.5) is 5.69 Å². The van der Waals surface area contributed by atoms with E-state index >= 15 is 0 Å². The molecule has 4 rings (SSSR count). The molecule has 2 heterocycles. The highest BCUT2D eigenvalue weighted by Gasteiger charge is 2.32. The van der Waals surface area contributed by atoms with E-state index in [1.54, 1.807) is 24.3 Å². The van der Waals surface area contributed by atoms with E-state index < -0.39 is 14.9 Å². The highest BCUT2D eigenvalue weighted by molar-refractivity contribution is 7.89. The first-order valence-electron chi connectivity index (χ1n) is 9.52. The molecule has 0 atom stereocenters. The van der Waals surface area contributed by atoms with Gasteiger partial charge in [-0.05, 0) is 18.2 Å². The van der Waals surface area contributed by atoms with Crippen LogP contribution in [-0.2, 0) is 10.0 Å². The third-order valence-electron chi connectivity index (χ3n) is 5.03. The van der Waals surface area contributed by atoms with Crippen LogP contribution >= 0.6 is 11.6 Å². The number of non-ortho nitro benzene ring substituents is 1. The van der Waals surface area contributed by atoms with Crippen LogP contribution < -0.4 is 0 Å². The molecule has 1 saturated heterocycles. The van der Waals surface area contributed by atoms with Crippen LogP contribution in [0.25, 0.3) is 11.3 Å². The zero-order valence-electron chi connectivity index (χ0n) is 16.5. The Kier molecular flexibility index (Phi) is 5.96. The molecule has 0 radical (unpaired) electrons. The number of carbonyl (C=O) groups is 1. The minimum absolute atomic E-state index is 0.0514. The Bertz CT molecular complexity index is 1280. The van der Waals surface area contributed by atoms with Crippen LogP contribution in [0.5, 0.6) is 0 Å². The lowest BCUT2D eigenvalue weighted by Gasteiger charge is -2.33. The van der Waals surface area contributed by atoms with Gasteiger partial charge in [-0.1, -0.05) is 35.0 Å². The fraction of sp³-hybridized carbons (Fsp3) is 0.200. The maximum Gasteiger partial charge on any atom is 0.276 e. The molecule has 1 amide bonds. The van der Waals surface area contributed by atoms with E-state index in [1.807, 2.05) is 0 Å². The van der Waals surface area contributed by atoms with Crippen molar-refractivity contribution in [3.8, 4) is 11.3 Å². The van der Waals surface area contributed by atoms with Crippen molar-refractivity contribution in [3.05, 3.63) is 75.4 Å². The lowest BCUT2D eigenvalue weighted by molar-refractivity contribution is -0.385. The number of nitro benzene ring substituents is 1. The Labute approximate surface area is 188 Å². The van der Waals surface area contributed by atoms with Gasteiger partial charge in [-0.2, -0.15) is 4.31 Å². The molecule has 0 N–H and O–H groups in total. The van der Waals surface area contributed by atoms with E-state index in [1.165, 1.54) is 33.5 Å². The van der Waals surface area contributed by atoms with Crippen molar-refractivity contribution in [2.75, 3.05) is 26.2 Å². The fourth-order valence-corrected chi connectivity index (χ4v) is 5.01. The van der Waals surface area contributed by atoms with Gasteiger partial charge >= 0.3 is 0 Å². The maximum atomic E-state index is 12.9. The summed E-state index contributed by atoms with van der Waals surface area (Å²) in [6.07, 6.45) is 0. The van der Waals surface area contributed by atoms with E-state index in [0.29, 0.717) is 16.3 Å². The topological polar surface area (TPSA) is 127 Å². The molecular formula is C20H17ClN4O6S. The summed E-state index contributed by atoms with van der Waals surface area (Å²) in [4.78, 5) is 24.4. The summed E-state index contributed by atoms with van der Waals surface area (Å²) in [5.74, 6) is 0.0113. The van der Waals surface area contributed by atoms with Crippen LogP contribution in [0.15, 0.2) is 64.0 Å². The smallest absolute Gasteiger partial charge is 0.276 e. The number of nitro groups is 1. The first-order valence-corrected chi connectivity index (χ1v) is 11.3. The van der Waals surface area contributed by atoms with Gasteiger partial charge in [-0.3, -0.25) is 14.9 Å². The van der Waals surface area contributed by atoms with Crippen molar-refractivity contribution < 1.29 is 22.7 Å². The number of aromatic nitrogens is 1. The minimum atomic E-state index is -3.92. The second kappa shape index (κ2) is 8.69. The Hall–Kier alpha value is -3.28. The van der Waals surface area contributed by atoms with Gasteiger partial charge in [-0.15, -0.1) is 0 Å². The van der Waals surface area contributed by atoms with Crippen molar-refractivity contribution in [1.82, 2.24) is 14.4 Å². The van der Waals surface area contributed by atoms with Gasteiger partial charge in [0.15, 0.2) is 11.5 Å². The molecule has 1 aliphatic heterocycles. The molecule has 1 fully saturated rings. The molecule has 32 heavy (non-hydrogen) atoms. The van der Waals surface area contributed by atoms with Crippen molar-refractivity contribution in [3.63, 3.8) is 0 Å². The molecule has 1 aromatic heterocycles. The van der Waals surface area contributed by atoms with Crippen LogP contribution in [-0.4, -0.2) is 59.8 Å². The van der Waals surface area contributed by atoms with E-state index in [0.717, 1.165) is 6.07 Å². The molecule has 0 bridgehead atoms. The average molecular weight is 477 g/mol. The van der Waals surface area contributed by atoms with E-state index in [-0.39, 0.29) is 48.4 Å². The third kappa shape index (κ3) is 4.35. The number of sulfonamides is 1. The molecular weight excluding hydrogens is 460 g/mol. The van der Waals surface area contributed by atoms with E-state index in [4.69, 9.17) is 16.1 Å². The van der Waals surface area contributed by atoms with E-state index in [2.05, 4.69) is 5.16 Å². The molecule has 2 aromatic carbocycles. The summed E-state index contributed by atoms with van der Waals surface area (Å²) in [6.45, 7) is 0.393. The molecule has 0 aliphatic carbocycles. The molecule has 0 unspecified atom stereocenters. The van der Waals surface area contributed by atoms with Crippen LogP contribution in [0, 0.1) is 10.1 Å². The van der Waals surface area contributed by atoms with Gasteiger partial charge in [-0.25, -0.2) is 8.42 Å². The second-order valence-corrected chi connectivity index (χ2v) is 9.41. The summed E-state index contributed by atoms with van der Waals surface area (Å²) < 4.78 is 32.2. The van der Waals surface area contributed by atoms with Crippen LogP contribution in [0.3, 0.4) is 0 Å². The first-order chi connectivity index (χ1) is 15.3. The Morgan fingerprint density at radius 2 is 1.78 bits per heavy atom. The Morgan fingerprint density at radius 1 is 1.06 bits per heavy atom. The van der Waals surface area contributed by atoms with Crippen LogP contribution in [0.1, 0.15) is 10.5 Å². The Balaban J connectivity index is 1.44. The second-order valence-electron chi connectivity index (χ2n) is 7.04. The predicted octanol–water partition coefficient (Wildman–Crippen LogP) is 3.05. The molecule has 3 aromatic rings. The number of halogens is 1. The predicted molar refractivity (Wildman–Crippen MR) is 115 cm³/mol. The molecule has 12 heteroatoms. The Morgan fingerprint density at radius 3 is 2.47 bits per heavy atom. The first kappa shape index (κ1) is 21.9. The lowest BCUT2D eigenvalue weighted by Crippen LogP contribution is -2.50. The number of rotatable bonds is 5. The van der Waals surface area contributed by atoms with Crippen molar-refractivity contribution >= 4 is 33.2 Å². The van der Waals surface area contributed by atoms with Crippen molar-refractivity contribution in [1.29, 1.82) is 0 Å². The quantitative estimate of drug-likeness (QED) is 0.409. The number of nitrogens with zero attached hydrogens (tertiary/aromatic N) is 4. The summed E-state index contributed by atoms with van der Waals surface area (Å²) in [5, 5.41) is 15.3. The number of hydrogen-bond donors (Lipinski definition) is 0. The minimum Gasteiger partial charge on any atom is -0.355 e. The number of benzene rings is 2. The average Bonchev–Trinajstić information content (AvgIpc) is 3.29. The van der Waals surface area contributed by atoms with E-state index in [9.17, 15) is 23.3 Å². The number of carbonyl (C=O) groups excluding carboxylic acids is 1. The van der Waals surface area contributed by atoms with Crippen LogP contribution in [0.2, 0.25) is 5.02 Å². The summed E-state index contributed by atoms with van der Waals surface area (Å²) >= 11 is 5.98. The summed E-state index contributed by atoms with van der Waals surface area (Å²) in [7, 11) is -3.92. The third-order valence-corrected chi connectivity index (χ3v) is 7.16. The molecule has 0 spiro atoms. The molecule has 10 nitrogen and oxygen atoms in total. The zero-order valence-corrected chi connectivity index (χ0v) is 18.1. The van der Waals surface area contributed by atoms with Gasteiger partial charge in [0.1, 0.15) is 0 Å². The number of piperazine rings is 1. The van der Waals surface area contributed by atoms with Gasteiger partial charge < -0.3 is 9.42 Å². The molecule has 1 aliphatic rings. The normalized spacial score (nSPS) is 15.0. The van der Waals surface area contributed by atoms with Gasteiger partial charge in [0.2, 0.25) is 10.0 Å². The van der Waals surface area contributed by atoms with Crippen molar-refractivity contribution in [2.45, 2.75) is 4.90 Å². The van der Waals surface area contributed by atoms with Gasteiger partial charge in [0, 0.05) is 55.0 Å². The fourth-order valence-electron chi connectivity index (χ4n) is 3.35.